The van der Waals surface area contributed by atoms with E-state index in [0.29, 0.717) is 0 Å². The van der Waals surface area contributed by atoms with E-state index in [1.807, 2.05) is 103 Å². The molecule has 0 fully saturated rings. The maximum absolute atomic E-state index is 11.1. The van der Waals surface area contributed by atoms with Crippen LogP contribution in [0.5, 0.6) is 5.75 Å². The Hall–Kier alpha value is -12.0. The largest absolute Gasteiger partial charge is 0.497 e. The number of benzene rings is 12. The Labute approximate surface area is 539 Å². The molecule has 12 aromatic carbocycles. The van der Waals surface area contributed by atoms with Crippen molar-refractivity contribution in [3.05, 3.63) is 346 Å². The number of rotatable bonds is 18. The van der Waals surface area contributed by atoms with Gasteiger partial charge in [0.1, 0.15) is 5.75 Å². The molecule has 0 heterocycles. The minimum Gasteiger partial charge on any atom is -0.497 e. The topological polar surface area (TPSA) is 115 Å². The first-order chi connectivity index (χ1) is 44.7. The molecular weight excluding hydrogens is 1140 g/mol. The van der Waals surface area contributed by atoms with E-state index in [9.17, 15) is 20.2 Å². The summed E-state index contributed by atoms with van der Waals surface area (Å²) in [6.07, 6.45) is 0. The van der Waals surface area contributed by atoms with Crippen LogP contribution in [0.2, 0.25) is 0 Å². The predicted molar refractivity (Wildman–Crippen MR) is 381 cm³/mol. The molecule has 12 rings (SSSR count). The van der Waals surface area contributed by atoms with Crippen molar-refractivity contribution in [2.45, 2.75) is 20.8 Å². The minimum absolute atomic E-state index is 0.0793. The molecule has 0 amide bonds. The highest BCUT2D eigenvalue weighted by Gasteiger charge is 2.18. The number of nitro benzene ring substituents is 2. The van der Waals surface area contributed by atoms with Crippen molar-refractivity contribution >= 4 is 96.7 Å². The number of methoxy groups -OCH3 is 1. The Balaban J connectivity index is 0.000000151. The first kappa shape index (κ1) is 63.1. The zero-order valence-corrected chi connectivity index (χ0v) is 52.6. The number of nitro groups is 2. The lowest BCUT2D eigenvalue weighted by Crippen LogP contribution is -2.12. The molecule has 0 unspecified atom stereocenters. The SMILES string of the molecule is COc1cccc(N(C)c2ccc(N(c3ccccc3)c3ccc(C)cc3)cc2)c1.Cc1ccc(N(c2ccccc2)c2ccc(N(C)c3ccc([N+](=O)[O-])cc3)cc2)cc1.Cc1ccc(N(c2ccccc2)c2ccc(N(C)c3cccc([N+](=O)[O-])c3)cc2)cc1. The number of hydrogen-bond donors (Lipinski definition) is 0. The number of hydrogen-bond acceptors (Lipinski definition) is 11. The van der Waals surface area contributed by atoms with E-state index < -0.39 is 0 Å². The average Bonchev–Trinajstić information content (AvgIpc) is 0.905. The molecule has 458 valence electrons. The van der Waals surface area contributed by atoms with Crippen molar-refractivity contribution in [2.75, 3.05) is 57.7 Å². The highest BCUT2D eigenvalue weighted by molar-refractivity contribution is 5.81. The highest BCUT2D eigenvalue weighted by atomic mass is 16.6. The molecule has 0 aromatic heterocycles. The zero-order valence-electron chi connectivity index (χ0n) is 52.6. The van der Waals surface area contributed by atoms with Gasteiger partial charge in [-0.05, 0) is 197 Å². The zero-order chi connectivity index (χ0) is 64.5. The molecule has 0 radical (unpaired) electrons. The van der Waals surface area contributed by atoms with Gasteiger partial charge in [-0.15, -0.1) is 0 Å². The van der Waals surface area contributed by atoms with E-state index in [0.717, 1.165) is 91.1 Å². The van der Waals surface area contributed by atoms with Gasteiger partial charge in [0, 0.05) is 137 Å². The van der Waals surface area contributed by atoms with Crippen molar-refractivity contribution in [3.8, 4) is 5.75 Å². The van der Waals surface area contributed by atoms with Gasteiger partial charge in [-0.3, -0.25) is 20.2 Å². The summed E-state index contributed by atoms with van der Waals surface area (Å²) >= 11 is 0. The number of aryl methyl sites for hydroxylation is 3. The van der Waals surface area contributed by atoms with Gasteiger partial charge < -0.3 is 34.1 Å². The van der Waals surface area contributed by atoms with Crippen LogP contribution in [0.4, 0.5) is 96.7 Å². The van der Waals surface area contributed by atoms with Crippen molar-refractivity contribution in [1.82, 2.24) is 0 Å². The molecule has 0 atom stereocenters. The standard InChI is InChI=1S/C27H26N2O.2C26H23N3O2/c1-21-12-14-24(15-13-21)29(23-8-5-4-6-9-23)25-18-16-22(17-19-25)28(2)26-10-7-11-27(20-26)30-3;1-20-11-13-23(14-12-20)28(22-7-4-3-5-8-22)24-17-15-21(16-18-24)27(2)25-9-6-10-26(19-25)29(30)31;1-20-8-10-24(11-9-20)28(23-6-4-3-5-7-23)25-16-12-21(13-17-25)27(2)22-14-18-26(19-15-22)29(30)31/h4-20H,1-3H3;2*3-19H,1-2H3. The first-order valence-electron chi connectivity index (χ1n) is 30.1. The second kappa shape index (κ2) is 29.8. The van der Waals surface area contributed by atoms with Gasteiger partial charge in [0.05, 0.1) is 17.0 Å². The summed E-state index contributed by atoms with van der Waals surface area (Å²) in [6.45, 7) is 6.27. The van der Waals surface area contributed by atoms with Crippen LogP contribution in [-0.4, -0.2) is 38.1 Å². The van der Waals surface area contributed by atoms with Crippen LogP contribution in [0.1, 0.15) is 16.7 Å². The summed E-state index contributed by atoms with van der Waals surface area (Å²) in [5.74, 6) is 0.852. The van der Waals surface area contributed by atoms with Gasteiger partial charge in [-0.1, -0.05) is 120 Å². The number of para-hydroxylation sites is 3. The fraction of sp³-hybridized carbons (Fsp3) is 0.0886. The second-order valence-corrected chi connectivity index (χ2v) is 22.0. The molecule has 0 spiro atoms. The quantitative estimate of drug-likeness (QED) is 0.0604. The molecule has 0 aliphatic carbocycles. The Morgan fingerprint density at radius 3 is 0.804 bits per heavy atom. The molecule has 0 saturated heterocycles. The van der Waals surface area contributed by atoms with Crippen LogP contribution in [-0.2, 0) is 0 Å². The molecule has 0 bridgehead atoms. The smallest absolute Gasteiger partial charge is 0.271 e. The van der Waals surface area contributed by atoms with Crippen LogP contribution in [0.15, 0.2) is 309 Å². The predicted octanol–water partition coefficient (Wildman–Crippen LogP) is 21.5. The van der Waals surface area contributed by atoms with Gasteiger partial charge >= 0.3 is 0 Å². The summed E-state index contributed by atoms with van der Waals surface area (Å²) in [5.41, 5.74) is 19.5. The van der Waals surface area contributed by atoms with Crippen LogP contribution < -0.4 is 34.1 Å². The van der Waals surface area contributed by atoms with Crippen molar-refractivity contribution in [1.29, 1.82) is 0 Å². The van der Waals surface area contributed by atoms with Crippen molar-refractivity contribution in [3.63, 3.8) is 0 Å². The number of ether oxygens (including phenoxy) is 1. The van der Waals surface area contributed by atoms with Crippen LogP contribution >= 0.6 is 0 Å². The Morgan fingerprint density at radius 2 is 0.500 bits per heavy atom. The molecule has 0 aliphatic heterocycles. The molecule has 12 aromatic rings. The maximum Gasteiger partial charge on any atom is 0.271 e. The third-order valence-electron chi connectivity index (χ3n) is 15.7. The Morgan fingerprint density at radius 1 is 0.261 bits per heavy atom. The number of non-ortho nitro benzene ring substituents is 2. The Kier molecular flexibility index (Phi) is 20.4. The second-order valence-electron chi connectivity index (χ2n) is 22.0. The van der Waals surface area contributed by atoms with Crippen LogP contribution in [0, 0.1) is 41.0 Å². The van der Waals surface area contributed by atoms with E-state index in [1.165, 1.54) is 34.9 Å². The lowest BCUT2D eigenvalue weighted by molar-refractivity contribution is -0.385. The van der Waals surface area contributed by atoms with Gasteiger partial charge in [-0.2, -0.15) is 0 Å². The van der Waals surface area contributed by atoms with Crippen LogP contribution in [0.25, 0.3) is 0 Å². The van der Waals surface area contributed by atoms with E-state index in [4.69, 9.17) is 4.74 Å². The van der Waals surface area contributed by atoms with E-state index in [2.05, 4.69) is 235 Å². The molecule has 0 aliphatic rings. The normalized spacial score (nSPS) is 10.5. The van der Waals surface area contributed by atoms with Crippen LogP contribution in [0.3, 0.4) is 0 Å². The maximum atomic E-state index is 11.1. The lowest BCUT2D eigenvalue weighted by Gasteiger charge is -2.27. The lowest BCUT2D eigenvalue weighted by atomic mass is 10.1. The molecule has 92 heavy (non-hydrogen) atoms. The summed E-state index contributed by atoms with van der Waals surface area (Å²) in [6, 6.07) is 103. The molecule has 13 nitrogen and oxygen atoms in total. The highest BCUT2D eigenvalue weighted by Crippen LogP contribution is 2.40. The summed E-state index contributed by atoms with van der Waals surface area (Å²) in [5, 5.41) is 22.0. The number of nitrogens with zero attached hydrogens (tertiary/aromatic N) is 8. The summed E-state index contributed by atoms with van der Waals surface area (Å²) in [7, 11) is 7.62. The van der Waals surface area contributed by atoms with Crippen molar-refractivity contribution < 1.29 is 14.6 Å². The number of anilines is 15. The van der Waals surface area contributed by atoms with E-state index >= 15 is 0 Å². The molecule has 0 saturated carbocycles. The third kappa shape index (κ3) is 15.6. The average molecular weight is 1210 g/mol. The fourth-order valence-electron chi connectivity index (χ4n) is 10.5. The van der Waals surface area contributed by atoms with E-state index in [-0.39, 0.29) is 21.2 Å². The molecule has 13 heteroatoms. The summed E-state index contributed by atoms with van der Waals surface area (Å²) < 4.78 is 5.36. The van der Waals surface area contributed by atoms with E-state index in [1.54, 1.807) is 31.4 Å². The van der Waals surface area contributed by atoms with Gasteiger partial charge in [-0.25, -0.2) is 0 Å². The molecule has 0 N–H and O–H groups in total. The van der Waals surface area contributed by atoms with Gasteiger partial charge in [0.2, 0.25) is 0 Å². The monoisotopic (exact) mass is 1210 g/mol. The first-order valence-corrected chi connectivity index (χ1v) is 30.1. The Bertz CT molecular complexity index is 4320. The minimum atomic E-state index is -0.387. The third-order valence-corrected chi connectivity index (χ3v) is 15.7. The fourth-order valence-corrected chi connectivity index (χ4v) is 10.5. The summed E-state index contributed by atoms with van der Waals surface area (Å²) in [4.78, 5) is 34.0. The van der Waals surface area contributed by atoms with Gasteiger partial charge in [0.15, 0.2) is 0 Å². The molecular formula is C79H72N8O5. The van der Waals surface area contributed by atoms with Crippen molar-refractivity contribution in [2.24, 2.45) is 0 Å². The van der Waals surface area contributed by atoms with Gasteiger partial charge in [0.25, 0.3) is 11.4 Å².